The molecular formula is C28H31N5O5S. The van der Waals surface area contributed by atoms with Gasteiger partial charge >= 0.3 is 6.03 Å². The number of benzene rings is 2. The van der Waals surface area contributed by atoms with Crippen LogP contribution in [0.4, 0.5) is 9.93 Å². The molecule has 0 spiro atoms. The fourth-order valence-electron chi connectivity index (χ4n) is 4.26. The van der Waals surface area contributed by atoms with Gasteiger partial charge in [0.2, 0.25) is 5.91 Å². The molecule has 2 heterocycles. The summed E-state index contributed by atoms with van der Waals surface area (Å²) < 4.78 is 5.72. The van der Waals surface area contributed by atoms with Gasteiger partial charge in [-0.05, 0) is 37.4 Å². The Kier molecular flexibility index (Phi) is 8.72. The van der Waals surface area contributed by atoms with Gasteiger partial charge in [-0.15, -0.1) is 11.3 Å². The maximum absolute atomic E-state index is 13.6. The van der Waals surface area contributed by atoms with Crippen LogP contribution < -0.4 is 15.4 Å². The summed E-state index contributed by atoms with van der Waals surface area (Å²) in [5.74, 6) is -1.22. The molecule has 39 heavy (non-hydrogen) atoms. The fraction of sp³-hybridized carbons (Fsp3) is 0.321. The fourth-order valence-corrected chi connectivity index (χ4v) is 5.02. The summed E-state index contributed by atoms with van der Waals surface area (Å²) in [6.45, 7) is 4.45. The minimum absolute atomic E-state index is 0.212. The highest BCUT2D eigenvalue weighted by atomic mass is 32.1. The molecule has 2 N–H and O–H groups in total. The average molecular weight is 550 g/mol. The van der Waals surface area contributed by atoms with Crippen molar-refractivity contribution in [2.75, 3.05) is 32.6 Å². The molecule has 0 saturated carbocycles. The van der Waals surface area contributed by atoms with Gasteiger partial charge in [0.1, 0.15) is 30.1 Å². The maximum Gasteiger partial charge on any atom is 0.325 e. The SMILES string of the molecule is CC(=O)c1csc(NC(=O)C(C(C)c2ccccc2)N2C(=O)NC(c3ccc(OCCN(C)C)cc3)C2=O)n1. The Morgan fingerprint density at radius 1 is 1.13 bits per heavy atom. The van der Waals surface area contributed by atoms with Crippen LogP contribution in [0.1, 0.15) is 47.4 Å². The summed E-state index contributed by atoms with van der Waals surface area (Å²) in [6.07, 6.45) is 0. The summed E-state index contributed by atoms with van der Waals surface area (Å²) in [6, 6.07) is 13.4. The van der Waals surface area contributed by atoms with E-state index >= 15 is 0 Å². The molecule has 11 heteroatoms. The lowest BCUT2D eigenvalue weighted by molar-refractivity contribution is -0.134. The minimum Gasteiger partial charge on any atom is -0.492 e. The monoisotopic (exact) mass is 549 g/mol. The number of carbonyl (C=O) groups excluding carboxylic acids is 4. The van der Waals surface area contributed by atoms with E-state index in [0.717, 1.165) is 28.3 Å². The molecule has 1 aromatic heterocycles. The number of anilines is 1. The Bertz CT molecular complexity index is 1340. The number of carbonyl (C=O) groups is 4. The number of hydrogen-bond donors (Lipinski definition) is 2. The molecule has 1 aliphatic heterocycles. The second-order valence-electron chi connectivity index (χ2n) is 9.54. The molecule has 0 aliphatic carbocycles. The highest BCUT2D eigenvalue weighted by Gasteiger charge is 2.47. The maximum atomic E-state index is 13.6. The van der Waals surface area contributed by atoms with E-state index in [1.54, 1.807) is 36.6 Å². The third-order valence-corrected chi connectivity index (χ3v) is 7.19. The van der Waals surface area contributed by atoms with Crippen LogP contribution in [0.2, 0.25) is 0 Å². The lowest BCUT2D eigenvalue weighted by atomic mass is 9.91. The van der Waals surface area contributed by atoms with Crippen molar-refractivity contribution in [2.24, 2.45) is 0 Å². The number of nitrogens with one attached hydrogen (secondary N) is 2. The first-order valence-electron chi connectivity index (χ1n) is 12.5. The van der Waals surface area contributed by atoms with Crippen LogP contribution in [0.5, 0.6) is 5.75 Å². The number of nitrogens with zero attached hydrogens (tertiary/aromatic N) is 3. The molecule has 10 nitrogen and oxygen atoms in total. The molecule has 3 unspecified atom stereocenters. The van der Waals surface area contributed by atoms with Crippen LogP contribution >= 0.6 is 11.3 Å². The van der Waals surface area contributed by atoms with Crippen molar-refractivity contribution in [2.45, 2.75) is 31.8 Å². The van der Waals surface area contributed by atoms with E-state index in [1.807, 2.05) is 49.3 Å². The zero-order chi connectivity index (χ0) is 28.1. The Balaban J connectivity index is 1.58. The van der Waals surface area contributed by atoms with Gasteiger partial charge in [0.05, 0.1) is 0 Å². The molecule has 1 saturated heterocycles. The molecule has 4 rings (SSSR count). The van der Waals surface area contributed by atoms with Crippen LogP contribution in [0.15, 0.2) is 60.0 Å². The predicted octanol–water partition coefficient (Wildman–Crippen LogP) is 3.69. The van der Waals surface area contributed by atoms with Crippen molar-refractivity contribution in [1.82, 2.24) is 20.1 Å². The molecular weight excluding hydrogens is 518 g/mol. The number of aromatic nitrogens is 1. The lowest BCUT2D eigenvalue weighted by Crippen LogP contribution is -2.50. The highest BCUT2D eigenvalue weighted by Crippen LogP contribution is 2.32. The number of urea groups is 1. The van der Waals surface area contributed by atoms with Gasteiger partial charge in [0, 0.05) is 24.8 Å². The van der Waals surface area contributed by atoms with Gasteiger partial charge in [0.25, 0.3) is 5.91 Å². The van der Waals surface area contributed by atoms with Crippen molar-refractivity contribution in [1.29, 1.82) is 0 Å². The van der Waals surface area contributed by atoms with Gasteiger partial charge in [-0.2, -0.15) is 0 Å². The first kappa shape index (κ1) is 27.9. The number of imide groups is 1. The number of Topliss-reactive ketones (excluding diaryl/α,β-unsaturated/α-hetero) is 1. The number of ketones is 1. The van der Waals surface area contributed by atoms with Gasteiger partial charge in [-0.3, -0.25) is 14.4 Å². The van der Waals surface area contributed by atoms with Crippen molar-refractivity contribution >= 4 is 40.1 Å². The largest absolute Gasteiger partial charge is 0.492 e. The molecule has 0 bridgehead atoms. The van der Waals surface area contributed by atoms with Crippen molar-refractivity contribution in [3.63, 3.8) is 0 Å². The Morgan fingerprint density at radius 3 is 2.44 bits per heavy atom. The standard InChI is InChI=1S/C28H31N5O5S/c1-17(19-8-6-5-7-9-19)24(25(35)31-27-29-22(16-39-27)18(2)34)33-26(36)23(30-28(33)37)20-10-12-21(13-11-20)38-15-14-32(3)4/h5-13,16-17,23-24H,14-15H2,1-4H3,(H,30,37)(H,29,31,35). The molecule has 0 radical (unpaired) electrons. The zero-order valence-corrected chi connectivity index (χ0v) is 23.0. The zero-order valence-electron chi connectivity index (χ0n) is 22.2. The summed E-state index contributed by atoms with van der Waals surface area (Å²) in [7, 11) is 3.91. The summed E-state index contributed by atoms with van der Waals surface area (Å²) in [5.41, 5.74) is 1.59. The Labute approximate surface area is 231 Å². The van der Waals surface area contributed by atoms with Crippen LogP contribution in [-0.4, -0.2) is 71.7 Å². The van der Waals surface area contributed by atoms with Gasteiger partial charge in [-0.25, -0.2) is 14.7 Å². The molecule has 1 fully saturated rings. The van der Waals surface area contributed by atoms with E-state index in [1.165, 1.54) is 6.92 Å². The summed E-state index contributed by atoms with van der Waals surface area (Å²) in [5, 5.41) is 7.18. The predicted molar refractivity (Wildman–Crippen MR) is 148 cm³/mol. The van der Waals surface area contributed by atoms with Crippen molar-refractivity contribution < 1.29 is 23.9 Å². The van der Waals surface area contributed by atoms with E-state index in [2.05, 4.69) is 15.6 Å². The molecule has 3 atom stereocenters. The smallest absolute Gasteiger partial charge is 0.325 e. The van der Waals surface area contributed by atoms with Gasteiger partial charge in [0.15, 0.2) is 10.9 Å². The molecule has 1 aliphatic rings. The first-order chi connectivity index (χ1) is 18.7. The van der Waals surface area contributed by atoms with Gasteiger partial charge in [-0.1, -0.05) is 49.4 Å². The van der Waals surface area contributed by atoms with Crippen molar-refractivity contribution in [3.05, 3.63) is 76.8 Å². The second kappa shape index (κ2) is 12.2. The number of rotatable bonds is 11. The van der Waals surface area contributed by atoms with Crippen LogP contribution in [0, 0.1) is 0 Å². The Morgan fingerprint density at radius 2 is 1.82 bits per heavy atom. The van der Waals surface area contributed by atoms with E-state index in [0.29, 0.717) is 17.9 Å². The number of thiazole rings is 1. The number of amides is 4. The third-order valence-electron chi connectivity index (χ3n) is 6.43. The number of hydrogen-bond acceptors (Lipinski definition) is 8. The topological polar surface area (TPSA) is 121 Å². The molecule has 3 aromatic rings. The van der Waals surface area contributed by atoms with E-state index < -0.39 is 35.8 Å². The van der Waals surface area contributed by atoms with E-state index in [-0.39, 0.29) is 16.6 Å². The average Bonchev–Trinajstić information content (AvgIpc) is 3.50. The summed E-state index contributed by atoms with van der Waals surface area (Å²) in [4.78, 5) is 59.2. The minimum atomic E-state index is -1.16. The highest BCUT2D eigenvalue weighted by molar-refractivity contribution is 7.14. The van der Waals surface area contributed by atoms with Crippen LogP contribution in [-0.2, 0) is 9.59 Å². The second-order valence-corrected chi connectivity index (χ2v) is 10.4. The normalized spacial score (nSPS) is 16.6. The lowest BCUT2D eigenvalue weighted by Gasteiger charge is -2.29. The van der Waals surface area contributed by atoms with E-state index in [4.69, 9.17) is 4.74 Å². The van der Waals surface area contributed by atoms with Gasteiger partial charge < -0.3 is 20.3 Å². The van der Waals surface area contributed by atoms with E-state index in [9.17, 15) is 19.2 Å². The molecule has 4 amide bonds. The Hall–Kier alpha value is -4.09. The molecule has 204 valence electrons. The third kappa shape index (κ3) is 6.50. The molecule has 2 aromatic carbocycles. The first-order valence-corrected chi connectivity index (χ1v) is 13.4. The summed E-state index contributed by atoms with van der Waals surface area (Å²) >= 11 is 1.10. The number of likely N-dealkylation sites (N-methyl/N-ethyl adjacent to an activating group) is 1. The van der Waals surface area contributed by atoms with Crippen LogP contribution in [0.3, 0.4) is 0 Å². The number of ether oxygens (including phenoxy) is 1. The van der Waals surface area contributed by atoms with Crippen LogP contribution in [0.25, 0.3) is 0 Å². The quantitative estimate of drug-likeness (QED) is 0.276. The van der Waals surface area contributed by atoms with Crippen molar-refractivity contribution in [3.8, 4) is 5.75 Å².